The Bertz CT molecular complexity index is 490. The van der Waals surface area contributed by atoms with Crippen molar-refractivity contribution in [3.63, 3.8) is 0 Å². The molecule has 3 heterocycles. The minimum Gasteiger partial charge on any atom is -0.477 e. The smallest absolute Gasteiger partial charge is 0.364 e. The van der Waals surface area contributed by atoms with Crippen LogP contribution in [0.1, 0.15) is 34.1 Å². The minimum absolute atomic E-state index is 0.0421. The number of ether oxygens (including phenoxy) is 6. The number of carboxylic acid groups (broad SMARTS) is 1. The molecule has 3 aliphatic heterocycles. The first kappa shape index (κ1) is 17.1. The summed E-state index contributed by atoms with van der Waals surface area (Å²) in [5, 5.41) is 9.58. The lowest BCUT2D eigenvalue weighted by atomic mass is 9.92. The van der Waals surface area contributed by atoms with E-state index in [0.29, 0.717) is 0 Å². The van der Waals surface area contributed by atoms with Crippen molar-refractivity contribution in [3.8, 4) is 0 Å². The topological polar surface area (TPSA) is 92.7 Å². The first-order chi connectivity index (χ1) is 10.6. The molecule has 0 radical (unpaired) electrons. The van der Waals surface area contributed by atoms with Crippen LogP contribution in [0.5, 0.6) is 0 Å². The zero-order valence-electron chi connectivity index (χ0n) is 14.0. The summed E-state index contributed by atoms with van der Waals surface area (Å²) < 4.78 is 34.3. The van der Waals surface area contributed by atoms with Crippen LogP contribution in [0.2, 0.25) is 0 Å². The van der Waals surface area contributed by atoms with Crippen LogP contribution in [0.3, 0.4) is 0 Å². The zero-order valence-corrected chi connectivity index (χ0v) is 14.0. The largest absolute Gasteiger partial charge is 0.477 e. The van der Waals surface area contributed by atoms with E-state index in [9.17, 15) is 9.90 Å². The highest BCUT2D eigenvalue weighted by atomic mass is 16.8. The standard InChI is InChI=1S/C15H24O8/c1-13(2)19-7-9(21-13)11-10-8(20-14(3,4)22-10)6-15(18-5,23-11)12(16)17/h8-11H,6-7H2,1-5H3,(H,16,17)/t8-,9-,10-,11-,15?/m1/s1. The molecule has 0 aromatic carbocycles. The van der Waals surface area contributed by atoms with Crippen molar-refractivity contribution >= 4 is 5.97 Å². The maximum atomic E-state index is 11.7. The molecule has 3 fully saturated rings. The molecule has 3 saturated heterocycles. The predicted octanol–water partition coefficient (Wildman–Crippen LogP) is 0.874. The second-order valence-electron chi connectivity index (χ2n) is 7.05. The fourth-order valence-corrected chi connectivity index (χ4v) is 3.42. The van der Waals surface area contributed by atoms with Gasteiger partial charge < -0.3 is 33.5 Å². The lowest BCUT2D eigenvalue weighted by molar-refractivity contribution is -0.305. The van der Waals surface area contributed by atoms with Crippen LogP contribution in [0.25, 0.3) is 0 Å². The molecular formula is C15H24O8. The molecule has 1 unspecified atom stereocenters. The van der Waals surface area contributed by atoms with E-state index in [1.54, 1.807) is 27.7 Å². The highest BCUT2D eigenvalue weighted by Crippen LogP contribution is 2.44. The van der Waals surface area contributed by atoms with Crippen LogP contribution >= 0.6 is 0 Å². The van der Waals surface area contributed by atoms with Gasteiger partial charge in [0.15, 0.2) is 11.6 Å². The molecule has 132 valence electrons. The van der Waals surface area contributed by atoms with Gasteiger partial charge in [0.2, 0.25) is 0 Å². The molecule has 1 N–H and O–H groups in total. The number of carbonyl (C=O) groups is 1. The van der Waals surface area contributed by atoms with Gasteiger partial charge in [-0.25, -0.2) is 4.79 Å². The summed E-state index contributed by atoms with van der Waals surface area (Å²) in [5.41, 5.74) is 0. The van der Waals surface area contributed by atoms with Gasteiger partial charge in [-0.3, -0.25) is 0 Å². The van der Waals surface area contributed by atoms with E-state index in [2.05, 4.69) is 0 Å². The van der Waals surface area contributed by atoms with E-state index >= 15 is 0 Å². The quantitative estimate of drug-likeness (QED) is 0.814. The third-order valence-corrected chi connectivity index (χ3v) is 4.39. The third-order valence-electron chi connectivity index (χ3n) is 4.39. The number of hydrogen-bond donors (Lipinski definition) is 1. The van der Waals surface area contributed by atoms with Crippen molar-refractivity contribution in [2.24, 2.45) is 0 Å². The van der Waals surface area contributed by atoms with Gasteiger partial charge in [0.1, 0.15) is 18.3 Å². The van der Waals surface area contributed by atoms with Crippen LogP contribution < -0.4 is 0 Å². The van der Waals surface area contributed by atoms with Gasteiger partial charge in [-0.05, 0) is 27.7 Å². The summed E-state index contributed by atoms with van der Waals surface area (Å²) in [6, 6.07) is 0. The summed E-state index contributed by atoms with van der Waals surface area (Å²) in [6.45, 7) is 7.44. The van der Waals surface area contributed by atoms with Crippen molar-refractivity contribution in [2.75, 3.05) is 13.7 Å². The van der Waals surface area contributed by atoms with Crippen LogP contribution in [0.15, 0.2) is 0 Å². The second kappa shape index (κ2) is 5.37. The van der Waals surface area contributed by atoms with E-state index in [1.165, 1.54) is 7.11 Å². The maximum Gasteiger partial charge on any atom is 0.364 e. The highest BCUT2D eigenvalue weighted by molar-refractivity contribution is 5.76. The summed E-state index contributed by atoms with van der Waals surface area (Å²) in [7, 11) is 1.31. The average molecular weight is 332 g/mol. The van der Waals surface area contributed by atoms with Crippen LogP contribution in [-0.4, -0.2) is 66.6 Å². The van der Waals surface area contributed by atoms with Crippen molar-refractivity contribution in [1.82, 2.24) is 0 Å². The highest BCUT2D eigenvalue weighted by Gasteiger charge is 2.61. The van der Waals surface area contributed by atoms with E-state index in [-0.39, 0.29) is 13.0 Å². The molecule has 0 saturated carbocycles. The monoisotopic (exact) mass is 332 g/mol. The molecule has 0 bridgehead atoms. The molecule has 0 aliphatic carbocycles. The molecule has 0 aromatic rings. The fraction of sp³-hybridized carbons (Fsp3) is 0.933. The van der Waals surface area contributed by atoms with E-state index in [1.807, 2.05) is 0 Å². The first-order valence-electron chi connectivity index (χ1n) is 7.71. The molecule has 5 atom stereocenters. The third kappa shape index (κ3) is 2.99. The maximum absolute atomic E-state index is 11.7. The Labute approximate surface area is 134 Å². The molecule has 0 amide bonds. The number of methoxy groups -OCH3 is 1. The van der Waals surface area contributed by atoms with Crippen molar-refractivity contribution in [2.45, 2.75) is 75.9 Å². The molecule has 0 aromatic heterocycles. The van der Waals surface area contributed by atoms with Gasteiger partial charge in [0, 0.05) is 13.5 Å². The predicted molar refractivity (Wildman–Crippen MR) is 75.6 cm³/mol. The molecule has 8 heteroatoms. The summed E-state index contributed by atoms with van der Waals surface area (Å²) in [5.74, 6) is -4.57. The summed E-state index contributed by atoms with van der Waals surface area (Å²) in [4.78, 5) is 11.7. The Hall–Kier alpha value is -0.770. The van der Waals surface area contributed by atoms with Crippen LogP contribution in [-0.2, 0) is 33.2 Å². The SMILES string of the molecule is COC1(C(=O)O)C[C@H]2OC(C)(C)O[C@H]2[C@@H]([C@H]2COC(C)(C)O2)O1. The number of aliphatic carboxylic acids is 1. The molecule has 3 rings (SSSR count). The Balaban J connectivity index is 1.90. The Morgan fingerprint density at radius 2 is 1.61 bits per heavy atom. The van der Waals surface area contributed by atoms with E-state index in [4.69, 9.17) is 28.4 Å². The number of rotatable bonds is 3. The Morgan fingerprint density at radius 3 is 2.13 bits per heavy atom. The zero-order chi connectivity index (χ0) is 17.0. The second-order valence-corrected chi connectivity index (χ2v) is 7.05. The number of fused-ring (bicyclic) bond motifs is 1. The lowest BCUT2D eigenvalue weighted by Crippen LogP contribution is -2.61. The van der Waals surface area contributed by atoms with Crippen LogP contribution in [0, 0.1) is 0 Å². The molecular weight excluding hydrogens is 308 g/mol. The minimum atomic E-state index is -1.79. The molecule has 3 aliphatic rings. The first-order valence-corrected chi connectivity index (χ1v) is 7.71. The van der Waals surface area contributed by atoms with Gasteiger partial charge in [-0.1, -0.05) is 0 Å². The van der Waals surface area contributed by atoms with Gasteiger partial charge in [-0.2, -0.15) is 0 Å². The van der Waals surface area contributed by atoms with Crippen molar-refractivity contribution < 1.29 is 38.3 Å². The molecule has 0 spiro atoms. The normalized spacial score (nSPS) is 44.9. The van der Waals surface area contributed by atoms with Gasteiger partial charge in [0.05, 0.1) is 12.7 Å². The Morgan fingerprint density at radius 1 is 1.00 bits per heavy atom. The number of carboxylic acids is 1. The van der Waals surface area contributed by atoms with Gasteiger partial charge in [-0.15, -0.1) is 0 Å². The van der Waals surface area contributed by atoms with Gasteiger partial charge in [0.25, 0.3) is 5.79 Å². The van der Waals surface area contributed by atoms with E-state index in [0.717, 1.165) is 0 Å². The summed E-state index contributed by atoms with van der Waals surface area (Å²) in [6.07, 6.45) is -2.01. The number of hydrogen-bond acceptors (Lipinski definition) is 7. The molecule has 23 heavy (non-hydrogen) atoms. The van der Waals surface area contributed by atoms with E-state index < -0.39 is 47.7 Å². The summed E-state index contributed by atoms with van der Waals surface area (Å²) >= 11 is 0. The lowest BCUT2D eigenvalue weighted by Gasteiger charge is -2.43. The molecule has 8 nitrogen and oxygen atoms in total. The fourth-order valence-electron chi connectivity index (χ4n) is 3.42. The van der Waals surface area contributed by atoms with Crippen molar-refractivity contribution in [3.05, 3.63) is 0 Å². The average Bonchev–Trinajstić information content (AvgIpc) is 2.94. The van der Waals surface area contributed by atoms with Gasteiger partial charge >= 0.3 is 5.97 Å². The Kier molecular flexibility index (Phi) is 3.98. The van der Waals surface area contributed by atoms with Crippen LogP contribution in [0.4, 0.5) is 0 Å². The van der Waals surface area contributed by atoms with Crippen molar-refractivity contribution in [1.29, 1.82) is 0 Å².